The largest absolute Gasteiger partial charge is 0.463 e. The second-order valence-corrected chi connectivity index (χ2v) is 6.04. The van der Waals surface area contributed by atoms with Gasteiger partial charge in [-0.05, 0) is 25.0 Å². The topological polar surface area (TPSA) is 83.0 Å². The van der Waals surface area contributed by atoms with Crippen molar-refractivity contribution in [3.63, 3.8) is 0 Å². The van der Waals surface area contributed by atoms with E-state index in [4.69, 9.17) is 4.42 Å². The van der Waals surface area contributed by atoms with Gasteiger partial charge in [-0.1, -0.05) is 25.7 Å². The summed E-state index contributed by atoms with van der Waals surface area (Å²) in [7, 11) is 0. The predicted molar refractivity (Wildman–Crippen MR) is 88.1 cm³/mol. The highest BCUT2D eigenvalue weighted by molar-refractivity contribution is 5.93. The fourth-order valence-electron chi connectivity index (χ4n) is 3.02. The number of carbonyl (C=O) groups excluding carboxylic acids is 1. The Morgan fingerprint density at radius 2 is 2.09 bits per heavy atom. The van der Waals surface area contributed by atoms with Crippen LogP contribution in [0, 0.1) is 0 Å². The molecule has 0 bridgehead atoms. The monoisotopic (exact) mass is 316 g/mol. The van der Waals surface area contributed by atoms with E-state index in [1.54, 1.807) is 18.4 Å². The maximum absolute atomic E-state index is 12.1. The summed E-state index contributed by atoms with van der Waals surface area (Å²) in [6.45, 7) is 1.41. The fourth-order valence-corrected chi connectivity index (χ4v) is 3.02. The minimum Gasteiger partial charge on any atom is -0.463 e. The Kier molecular flexibility index (Phi) is 5.47. The van der Waals surface area contributed by atoms with E-state index < -0.39 is 0 Å². The molecule has 1 fully saturated rings. The average Bonchev–Trinajstić information content (AvgIpc) is 3.19. The zero-order valence-corrected chi connectivity index (χ0v) is 13.3. The average molecular weight is 316 g/mol. The molecule has 6 nitrogen and oxygen atoms in total. The van der Waals surface area contributed by atoms with Crippen LogP contribution in [-0.4, -0.2) is 35.2 Å². The zero-order chi connectivity index (χ0) is 15.9. The van der Waals surface area contributed by atoms with Gasteiger partial charge in [0.05, 0.1) is 6.26 Å². The Bertz CT molecular complexity index is 598. The van der Waals surface area contributed by atoms with Gasteiger partial charge in [0.25, 0.3) is 5.91 Å². The summed E-state index contributed by atoms with van der Waals surface area (Å²) in [6.07, 6.45) is 9.42. The van der Waals surface area contributed by atoms with E-state index in [9.17, 15) is 4.79 Å². The molecule has 0 atom stereocenters. The van der Waals surface area contributed by atoms with Gasteiger partial charge in [0.15, 0.2) is 11.5 Å². The third kappa shape index (κ3) is 4.45. The van der Waals surface area contributed by atoms with Crippen molar-refractivity contribution >= 4 is 5.91 Å². The van der Waals surface area contributed by atoms with Gasteiger partial charge in [-0.15, -0.1) is 0 Å². The highest BCUT2D eigenvalue weighted by Crippen LogP contribution is 2.18. The normalized spacial score (nSPS) is 16.2. The number of hydrogen-bond acceptors (Lipinski definition) is 4. The standard InChI is InChI=1S/C17H24N4O2/c22-17(15-12-14(20-21-15)16-8-5-11-23-16)19-10-9-18-13-6-3-1-2-4-7-13/h5,8,11-13,18H,1-4,6-7,9-10H2,(H,19,22)(H,20,21). The zero-order valence-electron chi connectivity index (χ0n) is 13.3. The van der Waals surface area contributed by atoms with Gasteiger partial charge in [-0.25, -0.2) is 0 Å². The van der Waals surface area contributed by atoms with Crippen molar-refractivity contribution in [2.45, 2.75) is 44.6 Å². The van der Waals surface area contributed by atoms with Gasteiger partial charge < -0.3 is 15.1 Å². The fraction of sp³-hybridized carbons (Fsp3) is 0.529. The van der Waals surface area contributed by atoms with Gasteiger partial charge in [-0.2, -0.15) is 5.10 Å². The van der Waals surface area contributed by atoms with Crippen LogP contribution in [-0.2, 0) is 0 Å². The second kappa shape index (κ2) is 7.97. The first kappa shape index (κ1) is 15.8. The smallest absolute Gasteiger partial charge is 0.271 e. The van der Waals surface area contributed by atoms with E-state index >= 15 is 0 Å². The van der Waals surface area contributed by atoms with E-state index in [2.05, 4.69) is 20.8 Å². The van der Waals surface area contributed by atoms with E-state index in [0.29, 0.717) is 29.7 Å². The molecule has 1 aliphatic rings. The molecule has 124 valence electrons. The molecule has 0 saturated heterocycles. The number of H-pyrrole nitrogens is 1. The van der Waals surface area contributed by atoms with Gasteiger partial charge in [0.1, 0.15) is 5.69 Å². The van der Waals surface area contributed by atoms with E-state index in [-0.39, 0.29) is 5.91 Å². The molecule has 0 radical (unpaired) electrons. The molecule has 0 aliphatic heterocycles. The Morgan fingerprint density at radius 3 is 2.83 bits per heavy atom. The minimum atomic E-state index is -0.165. The number of amides is 1. The van der Waals surface area contributed by atoms with E-state index in [1.807, 2.05) is 6.07 Å². The first-order valence-electron chi connectivity index (χ1n) is 8.44. The number of hydrogen-bond donors (Lipinski definition) is 3. The van der Waals surface area contributed by atoms with Crippen LogP contribution >= 0.6 is 0 Å². The van der Waals surface area contributed by atoms with Gasteiger partial charge in [-0.3, -0.25) is 9.89 Å². The molecule has 2 aromatic heterocycles. The van der Waals surface area contributed by atoms with Crippen LogP contribution in [0.4, 0.5) is 0 Å². The molecule has 6 heteroatoms. The van der Waals surface area contributed by atoms with Crippen molar-refractivity contribution < 1.29 is 9.21 Å². The molecule has 3 rings (SSSR count). The lowest BCUT2D eigenvalue weighted by Crippen LogP contribution is -2.37. The van der Waals surface area contributed by atoms with Crippen molar-refractivity contribution in [1.82, 2.24) is 20.8 Å². The first-order chi connectivity index (χ1) is 11.3. The molecule has 1 aliphatic carbocycles. The molecular weight excluding hydrogens is 292 g/mol. The summed E-state index contributed by atoms with van der Waals surface area (Å²) in [6, 6.07) is 5.93. The third-order valence-corrected chi connectivity index (χ3v) is 4.30. The summed E-state index contributed by atoms with van der Waals surface area (Å²) in [5.74, 6) is 0.508. The summed E-state index contributed by atoms with van der Waals surface area (Å²) in [4.78, 5) is 12.1. The minimum absolute atomic E-state index is 0.165. The van der Waals surface area contributed by atoms with Crippen molar-refractivity contribution in [2.24, 2.45) is 0 Å². The van der Waals surface area contributed by atoms with Crippen LogP contribution in [0.1, 0.15) is 49.0 Å². The Hall–Kier alpha value is -2.08. The highest BCUT2D eigenvalue weighted by Gasteiger charge is 2.13. The van der Waals surface area contributed by atoms with Crippen LogP contribution < -0.4 is 10.6 Å². The lowest BCUT2D eigenvalue weighted by atomic mass is 10.1. The SMILES string of the molecule is O=C(NCCNC1CCCCCC1)c1cc(-c2ccco2)[nH]n1. The van der Waals surface area contributed by atoms with E-state index in [0.717, 1.165) is 6.54 Å². The molecule has 2 heterocycles. The molecule has 0 aromatic carbocycles. The lowest BCUT2D eigenvalue weighted by Gasteiger charge is -2.16. The summed E-state index contributed by atoms with van der Waals surface area (Å²) < 4.78 is 5.28. The lowest BCUT2D eigenvalue weighted by molar-refractivity contribution is 0.0948. The van der Waals surface area contributed by atoms with Gasteiger partial charge >= 0.3 is 0 Å². The van der Waals surface area contributed by atoms with Crippen LogP contribution in [0.5, 0.6) is 0 Å². The maximum Gasteiger partial charge on any atom is 0.271 e. The summed E-state index contributed by atoms with van der Waals surface area (Å²) >= 11 is 0. The number of nitrogens with zero attached hydrogens (tertiary/aromatic N) is 1. The Labute approximate surface area is 136 Å². The molecule has 0 unspecified atom stereocenters. The first-order valence-corrected chi connectivity index (χ1v) is 8.44. The maximum atomic E-state index is 12.1. The van der Waals surface area contributed by atoms with Crippen LogP contribution in [0.25, 0.3) is 11.5 Å². The van der Waals surface area contributed by atoms with Crippen LogP contribution in [0.15, 0.2) is 28.9 Å². The summed E-state index contributed by atoms with van der Waals surface area (Å²) in [5.41, 5.74) is 1.09. The Morgan fingerprint density at radius 1 is 1.26 bits per heavy atom. The van der Waals surface area contributed by atoms with Crippen LogP contribution in [0.2, 0.25) is 0 Å². The van der Waals surface area contributed by atoms with Crippen LogP contribution in [0.3, 0.4) is 0 Å². The molecular formula is C17H24N4O2. The van der Waals surface area contributed by atoms with Gasteiger partial charge in [0.2, 0.25) is 0 Å². The number of rotatable bonds is 6. The van der Waals surface area contributed by atoms with Gasteiger partial charge in [0, 0.05) is 25.2 Å². The molecule has 2 aromatic rings. The number of aromatic amines is 1. The van der Waals surface area contributed by atoms with Crippen molar-refractivity contribution in [3.05, 3.63) is 30.2 Å². The van der Waals surface area contributed by atoms with Crippen molar-refractivity contribution in [2.75, 3.05) is 13.1 Å². The number of aromatic nitrogens is 2. The molecule has 1 saturated carbocycles. The van der Waals surface area contributed by atoms with Crippen molar-refractivity contribution in [3.8, 4) is 11.5 Å². The number of nitrogens with one attached hydrogen (secondary N) is 3. The molecule has 23 heavy (non-hydrogen) atoms. The number of furan rings is 1. The Balaban J connectivity index is 1.41. The highest BCUT2D eigenvalue weighted by atomic mass is 16.3. The quantitative estimate of drug-likeness (QED) is 0.565. The third-order valence-electron chi connectivity index (χ3n) is 4.30. The summed E-state index contributed by atoms with van der Waals surface area (Å²) in [5, 5.41) is 13.3. The second-order valence-electron chi connectivity index (χ2n) is 6.04. The predicted octanol–water partition coefficient (Wildman–Crippen LogP) is 2.71. The molecule has 1 amide bonds. The van der Waals surface area contributed by atoms with E-state index in [1.165, 1.54) is 38.5 Å². The van der Waals surface area contributed by atoms with Crippen molar-refractivity contribution in [1.29, 1.82) is 0 Å². The molecule has 0 spiro atoms. The molecule has 3 N–H and O–H groups in total. The number of carbonyl (C=O) groups is 1.